The molecule has 3 heterocycles. The number of hydrogen-bond donors (Lipinski definition) is 0. The van der Waals surface area contributed by atoms with Gasteiger partial charge in [-0.1, -0.05) is 23.7 Å². The van der Waals surface area contributed by atoms with Gasteiger partial charge in [0.1, 0.15) is 5.15 Å². The van der Waals surface area contributed by atoms with Crippen LogP contribution in [0.2, 0.25) is 5.15 Å². The van der Waals surface area contributed by atoms with E-state index < -0.39 is 11.8 Å². The highest BCUT2D eigenvalue weighted by Crippen LogP contribution is 2.23. The van der Waals surface area contributed by atoms with E-state index in [1.54, 1.807) is 44.3 Å². The van der Waals surface area contributed by atoms with Crippen LogP contribution in [0.1, 0.15) is 44.8 Å². The van der Waals surface area contributed by atoms with Crippen molar-refractivity contribution in [3.63, 3.8) is 0 Å². The highest BCUT2D eigenvalue weighted by Gasteiger charge is 2.36. The Labute approximate surface area is 189 Å². The largest absolute Gasteiger partial charge is 0.274 e. The third-order valence-electron chi connectivity index (χ3n) is 5.59. The summed E-state index contributed by atoms with van der Waals surface area (Å²) in [6.07, 6.45) is 3.54. The summed E-state index contributed by atoms with van der Waals surface area (Å²) >= 11 is 6.20. The number of aryl methyl sites for hydroxylation is 2. The zero-order valence-corrected chi connectivity index (χ0v) is 18.5. The lowest BCUT2D eigenvalue weighted by molar-refractivity contribution is -0.154. The lowest BCUT2D eigenvalue weighted by Crippen LogP contribution is -2.45. The van der Waals surface area contributed by atoms with Crippen LogP contribution in [0.5, 0.6) is 0 Å². The van der Waals surface area contributed by atoms with Gasteiger partial charge in [0.15, 0.2) is 0 Å². The predicted molar refractivity (Wildman–Crippen MR) is 116 cm³/mol. The maximum absolute atomic E-state index is 12.8. The van der Waals surface area contributed by atoms with Gasteiger partial charge in [-0.15, -0.1) is 0 Å². The van der Waals surface area contributed by atoms with Gasteiger partial charge in [0.05, 0.1) is 16.8 Å². The minimum atomic E-state index is -0.403. The summed E-state index contributed by atoms with van der Waals surface area (Å²) in [4.78, 5) is 51.6. The molecule has 1 saturated heterocycles. The van der Waals surface area contributed by atoms with Crippen molar-refractivity contribution in [1.29, 1.82) is 0 Å². The molecular weight excluding hydrogens is 434 g/mol. The van der Waals surface area contributed by atoms with Gasteiger partial charge in [0.2, 0.25) is 5.91 Å². The Balaban J connectivity index is 1.40. The van der Waals surface area contributed by atoms with Gasteiger partial charge in [-0.25, -0.2) is 5.01 Å². The third-order valence-corrected chi connectivity index (χ3v) is 6.04. The predicted octanol–water partition coefficient (Wildman–Crippen LogP) is 2.06. The van der Waals surface area contributed by atoms with Crippen LogP contribution in [0.15, 0.2) is 30.3 Å². The van der Waals surface area contributed by atoms with Gasteiger partial charge >= 0.3 is 0 Å². The zero-order valence-electron chi connectivity index (χ0n) is 17.7. The Kier molecular flexibility index (Phi) is 5.84. The number of aromatic nitrogens is 2. The lowest BCUT2D eigenvalue weighted by Gasteiger charge is -2.27. The fourth-order valence-electron chi connectivity index (χ4n) is 3.96. The Morgan fingerprint density at radius 1 is 1.09 bits per heavy atom. The van der Waals surface area contributed by atoms with Crippen molar-refractivity contribution in [2.24, 2.45) is 7.05 Å². The molecule has 0 unspecified atom stereocenters. The average molecular weight is 456 g/mol. The summed E-state index contributed by atoms with van der Waals surface area (Å²) in [5.74, 6) is -1.48. The van der Waals surface area contributed by atoms with Crippen LogP contribution < -0.4 is 0 Å². The molecule has 2 aliphatic heterocycles. The number of amides is 4. The van der Waals surface area contributed by atoms with Crippen molar-refractivity contribution in [2.45, 2.75) is 19.8 Å². The molecule has 166 valence electrons. The maximum Gasteiger partial charge on any atom is 0.265 e. The number of carbonyl (C=O) groups is 4. The van der Waals surface area contributed by atoms with E-state index in [4.69, 9.17) is 11.6 Å². The molecule has 2 aromatic rings. The number of imide groups is 1. The SMILES string of the molecule is Cc1nn(C)c(Cl)c1/C=C/C(=O)N1CCCN1C(=O)CCN1C(=O)c2ccccc2C1=O. The third kappa shape index (κ3) is 3.80. The second-order valence-electron chi connectivity index (χ2n) is 7.64. The van der Waals surface area contributed by atoms with Crippen molar-refractivity contribution in [3.05, 3.63) is 57.9 Å². The van der Waals surface area contributed by atoms with Crippen molar-refractivity contribution in [1.82, 2.24) is 24.7 Å². The van der Waals surface area contributed by atoms with E-state index in [0.29, 0.717) is 47.0 Å². The van der Waals surface area contributed by atoms with Gasteiger partial charge in [-0.3, -0.25) is 33.8 Å². The molecule has 1 fully saturated rings. The molecule has 2 aliphatic rings. The quantitative estimate of drug-likeness (QED) is 0.508. The first-order valence-electron chi connectivity index (χ1n) is 10.2. The summed E-state index contributed by atoms with van der Waals surface area (Å²) in [5.41, 5.74) is 2.02. The molecule has 0 N–H and O–H groups in total. The van der Waals surface area contributed by atoms with Crippen LogP contribution in [0.4, 0.5) is 0 Å². The van der Waals surface area contributed by atoms with Gasteiger partial charge in [-0.05, 0) is 31.6 Å². The molecule has 1 aromatic carbocycles. The molecule has 4 rings (SSSR count). The molecule has 9 nitrogen and oxygen atoms in total. The summed E-state index contributed by atoms with van der Waals surface area (Å²) in [7, 11) is 1.71. The lowest BCUT2D eigenvalue weighted by atomic mass is 10.1. The fraction of sp³-hybridized carbons (Fsp3) is 0.318. The van der Waals surface area contributed by atoms with Crippen LogP contribution in [-0.2, 0) is 16.6 Å². The maximum atomic E-state index is 12.8. The minimum absolute atomic E-state index is 0.0377. The zero-order chi connectivity index (χ0) is 23.0. The first-order chi connectivity index (χ1) is 15.3. The molecule has 0 saturated carbocycles. The van der Waals surface area contributed by atoms with Crippen LogP contribution in [0.25, 0.3) is 6.08 Å². The highest BCUT2D eigenvalue weighted by atomic mass is 35.5. The number of halogens is 1. The Morgan fingerprint density at radius 2 is 1.72 bits per heavy atom. The van der Waals surface area contributed by atoms with E-state index in [1.165, 1.54) is 20.8 Å². The molecule has 0 aliphatic carbocycles. The molecule has 0 bridgehead atoms. The van der Waals surface area contributed by atoms with E-state index in [1.807, 2.05) is 0 Å². The highest BCUT2D eigenvalue weighted by molar-refractivity contribution is 6.31. The Morgan fingerprint density at radius 3 is 2.31 bits per heavy atom. The van der Waals surface area contributed by atoms with E-state index in [2.05, 4.69) is 5.10 Å². The van der Waals surface area contributed by atoms with E-state index in [-0.39, 0.29) is 24.8 Å². The molecule has 0 atom stereocenters. The van der Waals surface area contributed by atoms with Crippen LogP contribution in [-0.4, -0.2) is 68.0 Å². The molecule has 1 aromatic heterocycles. The number of nitrogens with zero attached hydrogens (tertiary/aromatic N) is 5. The first kappa shape index (κ1) is 21.8. The Bertz CT molecular complexity index is 1120. The summed E-state index contributed by atoms with van der Waals surface area (Å²) in [6.45, 7) is 2.56. The molecule has 0 radical (unpaired) electrons. The van der Waals surface area contributed by atoms with Crippen LogP contribution in [0, 0.1) is 6.92 Å². The van der Waals surface area contributed by atoms with Crippen LogP contribution >= 0.6 is 11.6 Å². The second-order valence-corrected chi connectivity index (χ2v) is 7.99. The number of fused-ring (bicyclic) bond motifs is 1. The van der Waals surface area contributed by atoms with Crippen molar-refractivity contribution in [3.8, 4) is 0 Å². The van der Waals surface area contributed by atoms with Gasteiger partial charge < -0.3 is 0 Å². The van der Waals surface area contributed by atoms with Crippen molar-refractivity contribution in [2.75, 3.05) is 19.6 Å². The number of rotatable bonds is 5. The smallest absolute Gasteiger partial charge is 0.265 e. The standard InChI is InChI=1S/C22H22ClN5O4/c1-14-15(20(23)25(2)24-14)8-9-18(29)27-11-5-12-28(27)19(30)10-13-26-21(31)16-6-3-4-7-17(16)22(26)32/h3-4,6-9H,5,10-13H2,1-2H3/b9-8+. The van der Waals surface area contributed by atoms with Crippen molar-refractivity contribution < 1.29 is 19.2 Å². The van der Waals surface area contributed by atoms with Gasteiger partial charge in [0, 0.05) is 44.7 Å². The Hall–Kier alpha value is -3.46. The average Bonchev–Trinajstić information content (AvgIpc) is 3.43. The van der Waals surface area contributed by atoms with Gasteiger partial charge in [0.25, 0.3) is 17.7 Å². The first-order valence-corrected chi connectivity index (χ1v) is 10.6. The number of carbonyl (C=O) groups excluding carboxylic acids is 4. The van der Waals surface area contributed by atoms with Crippen molar-refractivity contribution >= 4 is 41.3 Å². The summed E-state index contributed by atoms with van der Waals surface area (Å²) in [5, 5.41) is 7.37. The summed E-state index contributed by atoms with van der Waals surface area (Å²) in [6, 6.07) is 6.59. The normalized spacial score (nSPS) is 15.9. The van der Waals surface area contributed by atoms with E-state index in [0.717, 1.165) is 4.90 Å². The summed E-state index contributed by atoms with van der Waals surface area (Å²) < 4.78 is 1.52. The molecule has 32 heavy (non-hydrogen) atoms. The van der Waals surface area contributed by atoms with E-state index >= 15 is 0 Å². The molecule has 0 spiro atoms. The minimum Gasteiger partial charge on any atom is -0.274 e. The fourth-order valence-corrected chi connectivity index (χ4v) is 4.19. The molecule has 10 heteroatoms. The second kappa shape index (κ2) is 8.58. The van der Waals surface area contributed by atoms with E-state index in [9.17, 15) is 19.2 Å². The monoisotopic (exact) mass is 455 g/mol. The topological polar surface area (TPSA) is 95.8 Å². The molecule has 4 amide bonds. The van der Waals surface area contributed by atoms with Gasteiger partial charge in [-0.2, -0.15) is 5.10 Å². The number of hydrogen-bond acceptors (Lipinski definition) is 5. The number of hydrazine groups is 1. The number of benzene rings is 1. The van der Waals surface area contributed by atoms with Crippen LogP contribution in [0.3, 0.4) is 0 Å². The molecular formula is C22H22ClN5O4.